The van der Waals surface area contributed by atoms with Crippen LogP contribution in [-0.2, 0) is 6.42 Å². The highest BCUT2D eigenvalue weighted by molar-refractivity contribution is 7.98. The summed E-state index contributed by atoms with van der Waals surface area (Å²) in [6.07, 6.45) is 6.63. The number of hydrogen-bond donors (Lipinski definition) is 2. The van der Waals surface area contributed by atoms with Crippen molar-refractivity contribution in [1.82, 2.24) is 19.7 Å². The standard InChI is InChI=1S/C18H18FN7S/c1-27-17-11-22-10-16(24-17)23-8-2-3-15-14(9-20)18(21)26(25-15)13-6-4-12(19)5-7-13/h4-7,10-11H,2-3,8,21H2,1H3,(H,23,24). The minimum absolute atomic E-state index is 0.255. The average molecular weight is 383 g/mol. The van der Waals surface area contributed by atoms with Gasteiger partial charge in [0.25, 0.3) is 0 Å². The summed E-state index contributed by atoms with van der Waals surface area (Å²) in [5, 5.41) is 17.9. The van der Waals surface area contributed by atoms with Crippen LogP contribution in [0.3, 0.4) is 0 Å². The topological polar surface area (TPSA) is 105 Å². The Hall–Kier alpha value is -3.12. The number of benzene rings is 1. The highest BCUT2D eigenvalue weighted by Crippen LogP contribution is 2.22. The van der Waals surface area contributed by atoms with Gasteiger partial charge in [-0.2, -0.15) is 10.4 Å². The molecular formula is C18H18FN7S. The predicted octanol–water partition coefficient (Wildman–Crippen LogP) is 3.02. The van der Waals surface area contributed by atoms with Gasteiger partial charge in [0.1, 0.15) is 34.1 Å². The number of thioether (sulfide) groups is 1. The van der Waals surface area contributed by atoms with E-state index in [-0.39, 0.29) is 11.6 Å². The Kier molecular flexibility index (Phi) is 5.88. The summed E-state index contributed by atoms with van der Waals surface area (Å²) in [5.41, 5.74) is 7.64. The zero-order valence-corrected chi connectivity index (χ0v) is 15.5. The van der Waals surface area contributed by atoms with Crippen molar-refractivity contribution < 1.29 is 4.39 Å². The first-order chi connectivity index (χ1) is 13.1. The lowest BCUT2D eigenvalue weighted by Crippen LogP contribution is -2.06. The van der Waals surface area contributed by atoms with Crippen molar-refractivity contribution in [2.45, 2.75) is 17.9 Å². The lowest BCUT2D eigenvalue weighted by molar-refractivity contribution is 0.627. The smallest absolute Gasteiger partial charge is 0.145 e. The van der Waals surface area contributed by atoms with Gasteiger partial charge in [0, 0.05) is 6.54 Å². The number of nitrogens with two attached hydrogens (primary N) is 1. The molecule has 27 heavy (non-hydrogen) atoms. The van der Waals surface area contributed by atoms with Crippen molar-refractivity contribution in [2.24, 2.45) is 0 Å². The molecule has 0 aliphatic rings. The zero-order chi connectivity index (χ0) is 19.2. The molecule has 1 aromatic carbocycles. The molecule has 0 unspecified atom stereocenters. The molecule has 0 bridgehead atoms. The van der Waals surface area contributed by atoms with Crippen molar-refractivity contribution in [1.29, 1.82) is 5.26 Å². The van der Waals surface area contributed by atoms with E-state index in [1.807, 2.05) is 6.26 Å². The Balaban J connectivity index is 1.67. The largest absolute Gasteiger partial charge is 0.382 e. The van der Waals surface area contributed by atoms with E-state index in [0.717, 1.165) is 11.4 Å². The number of nitrogens with zero attached hydrogens (tertiary/aromatic N) is 5. The van der Waals surface area contributed by atoms with E-state index in [2.05, 4.69) is 26.5 Å². The third-order valence-electron chi connectivity index (χ3n) is 3.89. The number of nitriles is 1. The Bertz CT molecular complexity index is 963. The van der Waals surface area contributed by atoms with Gasteiger partial charge in [-0.1, -0.05) is 0 Å². The molecule has 138 valence electrons. The molecule has 3 N–H and O–H groups in total. The fraction of sp³-hybridized carbons (Fsp3) is 0.222. The Morgan fingerprint density at radius 1 is 1.30 bits per heavy atom. The SMILES string of the molecule is CSc1cncc(NCCCc2nn(-c3ccc(F)cc3)c(N)c2C#N)n1. The van der Waals surface area contributed by atoms with E-state index in [1.165, 1.54) is 28.6 Å². The molecule has 0 spiro atoms. The highest BCUT2D eigenvalue weighted by Gasteiger charge is 2.16. The molecule has 0 aliphatic carbocycles. The molecule has 0 saturated carbocycles. The summed E-state index contributed by atoms with van der Waals surface area (Å²) in [6.45, 7) is 0.653. The van der Waals surface area contributed by atoms with Crippen LogP contribution in [0.2, 0.25) is 0 Å². The molecule has 9 heteroatoms. The second kappa shape index (κ2) is 8.51. The molecule has 2 heterocycles. The molecule has 0 radical (unpaired) electrons. The Morgan fingerprint density at radius 3 is 2.78 bits per heavy atom. The molecule has 3 rings (SSSR count). The fourth-order valence-electron chi connectivity index (χ4n) is 2.56. The second-order valence-electron chi connectivity index (χ2n) is 5.68. The van der Waals surface area contributed by atoms with Gasteiger partial charge in [0.15, 0.2) is 0 Å². The number of nitrogens with one attached hydrogen (secondary N) is 1. The second-order valence-corrected chi connectivity index (χ2v) is 6.51. The molecule has 0 fully saturated rings. The maximum absolute atomic E-state index is 13.1. The highest BCUT2D eigenvalue weighted by atomic mass is 32.2. The van der Waals surface area contributed by atoms with Crippen molar-refractivity contribution in [3.8, 4) is 11.8 Å². The van der Waals surface area contributed by atoms with Crippen LogP contribution in [0, 0.1) is 17.1 Å². The van der Waals surface area contributed by atoms with Crippen molar-refractivity contribution in [3.05, 3.63) is 53.7 Å². The van der Waals surface area contributed by atoms with Crippen LogP contribution in [-0.4, -0.2) is 32.5 Å². The summed E-state index contributed by atoms with van der Waals surface area (Å²) in [6, 6.07) is 7.91. The zero-order valence-electron chi connectivity index (χ0n) is 14.7. The normalized spacial score (nSPS) is 10.6. The number of halogens is 1. The lowest BCUT2D eigenvalue weighted by Gasteiger charge is -2.05. The summed E-state index contributed by atoms with van der Waals surface area (Å²) in [4.78, 5) is 8.53. The van der Waals surface area contributed by atoms with Crippen LogP contribution in [0.15, 0.2) is 41.7 Å². The first-order valence-electron chi connectivity index (χ1n) is 8.25. The van der Waals surface area contributed by atoms with Crippen LogP contribution in [0.1, 0.15) is 17.7 Å². The van der Waals surface area contributed by atoms with Gasteiger partial charge in [0.05, 0.1) is 23.8 Å². The summed E-state index contributed by atoms with van der Waals surface area (Å²) < 4.78 is 14.6. The van der Waals surface area contributed by atoms with Crippen LogP contribution in [0.4, 0.5) is 16.0 Å². The summed E-state index contributed by atoms with van der Waals surface area (Å²) in [7, 11) is 0. The number of aryl methyl sites for hydroxylation is 1. The number of hydrogen-bond acceptors (Lipinski definition) is 7. The summed E-state index contributed by atoms with van der Waals surface area (Å²) in [5.74, 6) is 0.620. The third-order valence-corrected chi connectivity index (χ3v) is 4.51. The van der Waals surface area contributed by atoms with E-state index in [0.29, 0.717) is 35.7 Å². The quantitative estimate of drug-likeness (QED) is 0.477. The Morgan fingerprint density at radius 2 is 2.07 bits per heavy atom. The van der Waals surface area contributed by atoms with Gasteiger partial charge in [0.2, 0.25) is 0 Å². The van der Waals surface area contributed by atoms with Gasteiger partial charge < -0.3 is 11.1 Å². The van der Waals surface area contributed by atoms with E-state index in [1.54, 1.807) is 24.5 Å². The van der Waals surface area contributed by atoms with E-state index >= 15 is 0 Å². The minimum Gasteiger partial charge on any atom is -0.382 e. The number of anilines is 2. The molecular weight excluding hydrogens is 365 g/mol. The maximum Gasteiger partial charge on any atom is 0.145 e. The van der Waals surface area contributed by atoms with Crippen molar-refractivity contribution in [3.63, 3.8) is 0 Å². The minimum atomic E-state index is -0.343. The predicted molar refractivity (Wildman–Crippen MR) is 103 cm³/mol. The average Bonchev–Trinajstić information content (AvgIpc) is 3.01. The third kappa shape index (κ3) is 4.35. The first-order valence-corrected chi connectivity index (χ1v) is 9.48. The molecule has 0 atom stereocenters. The molecule has 7 nitrogen and oxygen atoms in total. The first kappa shape index (κ1) is 18.7. The molecule has 0 amide bonds. The summed E-state index contributed by atoms with van der Waals surface area (Å²) >= 11 is 1.53. The molecule has 3 aromatic rings. The molecule has 0 aliphatic heterocycles. The van der Waals surface area contributed by atoms with Crippen molar-refractivity contribution in [2.75, 3.05) is 23.9 Å². The van der Waals surface area contributed by atoms with Gasteiger partial charge in [-0.15, -0.1) is 11.8 Å². The van der Waals surface area contributed by atoms with Crippen LogP contribution >= 0.6 is 11.8 Å². The van der Waals surface area contributed by atoms with Crippen LogP contribution in [0.25, 0.3) is 5.69 Å². The molecule has 0 saturated heterocycles. The van der Waals surface area contributed by atoms with Crippen LogP contribution in [0.5, 0.6) is 0 Å². The lowest BCUT2D eigenvalue weighted by atomic mass is 10.1. The molecule has 2 aromatic heterocycles. The van der Waals surface area contributed by atoms with Gasteiger partial charge in [-0.3, -0.25) is 4.98 Å². The number of rotatable bonds is 7. The number of aromatic nitrogens is 4. The monoisotopic (exact) mass is 383 g/mol. The van der Waals surface area contributed by atoms with E-state index in [9.17, 15) is 9.65 Å². The van der Waals surface area contributed by atoms with Gasteiger partial charge in [-0.05, 0) is 43.4 Å². The Labute approximate surface area is 160 Å². The maximum atomic E-state index is 13.1. The number of nitrogen functional groups attached to an aromatic ring is 1. The van der Waals surface area contributed by atoms with Gasteiger partial charge >= 0.3 is 0 Å². The van der Waals surface area contributed by atoms with Gasteiger partial charge in [-0.25, -0.2) is 14.1 Å². The van der Waals surface area contributed by atoms with Crippen LogP contribution < -0.4 is 11.1 Å². The fourth-order valence-corrected chi connectivity index (χ4v) is 2.91. The van der Waals surface area contributed by atoms with E-state index < -0.39 is 0 Å². The van der Waals surface area contributed by atoms with E-state index in [4.69, 9.17) is 5.73 Å². The van der Waals surface area contributed by atoms with Crippen molar-refractivity contribution >= 4 is 23.4 Å².